The molecule has 0 spiro atoms. The van der Waals surface area contributed by atoms with Crippen LogP contribution in [0.5, 0.6) is 0 Å². The van der Waals surface area contributed by atoms with Crippen LogP contribution in [0.15, 0.2) is 24.7 Å². The number of allylic oxidation sites excluding steroid dienone is 1. The Morgan fingerprint density at radius 1 is 1.18 bits per heavy atom. The summed E-state index contributed by atoms with van der Waals surface area (Å²) < 4.78 is 7.32. The zero-order valence-electron chi connectivity index (χ0n) is 17.0. The Labute approximate surface area is 165 Å². The Morgan fingerprint density at radius 3 is 2.57 bits per heavy atom. The van der Waals surface area contributed by atoms with Crippen molar-refractivity contribution in [1.29, 1.82) is 0 Å². The van der Waals surface area contributed by atoms with E-state index in [1.807, 2.05) is 51.1 Å². The maximum Gasteiger partial charge on any atom is 0.410 e. The molecule has 7 heteroatoms. The van der Waals surface area contributed by atoms with E-state index in [1.54, 1.807) is 4.90 Å². The van der Waals surface area contributed by atoms with Crippen LogP contribution in [0.25, 0.3) is 11.6 Å². The topological polar surface area (TPSA) is 63.5 Å². The summed E-state index contributed by atoms with van der Waals surface area (Å²) in [4.78, 5) is 21.0. The molecule has 2 aliphatic rings. The second-order valence-corrected chi connectivity index (χ2v) is 8.39. The molecular weight excluding hydrogens is 354 g/mol. The van der Waals surface area contributed by atoms with Crippen LogP contribution in [-0.4, -0.2) is 57.5 Å². The van der Waals surface area contributed by atoms with E-state index >= 15 is 0 Å². The summed E-state index contributed by atoms with van der Waals surface area (Å²) in [6.45, 7) is 8.57. The van der Waals surface area contributed by atoms with Crippen molar-refractivity contribution < 1.29 is 9.53 Å². The van der Waals surface area contributed by atoms with Gasteiger partial charge in [-0.2, -0.15) is 5.10 Å². The molecule has 1 saturated heterocycles. The van der Waals surface area contributed by atoms with Gasteiger partial charge in [0.15, 0.2) is 0 Å². The van der Waals surface area contributed by atoms with Crippen LogP contribution in [0.1, 0.15) is 37.6 Å². The molecule has 28 heavy (non-hydrogen) atoms. The fraction of sp³-hybridized carbons (Fsp3) is 0.476. The van der Waals surface area contributed by atoms with Crippen molar-refractivity contribution in [3.8, 4) is 0 Å². The molecule has 0 bridgehead atoms. The van der Waals surface area contributed by atoms with E-state index in [2.05, 4.69) is 27.1 Å². The molecule has 1 fully saturated rings. The predicted molar refractivity (Wildman–Crippen MR) is 109 cm³/mol. The molecule has 0 atom stereocenters. The molecule has 0 saturated carbocycles. The average molecular weight is 381 g/mol. The van der Waals surface area contributed by atoms with Crippen LogP contribution >= 0.6 is 0 Å². The molecule has 2 aromatic heterocycles. The maximum absolute atomic E-state index is 12.3. The van der Waals surface area contributed by atoms with E-state index in [0.29, 0.717) is 13.1 Å². The molecule has 3 heterocycles. The third-order valence-electron chi connectivity index (χ3n) is 5.07. The van der Waals surface area contributed by atoms with Crippen molar-refractivity contribution in [2.45, 2.75) is 32.8 Å². The zero-order valence-corrected chi connectivity index (χ0v) is 17.0. The molecule has 1 aliphatic heterocycles. The number of carbonyl (C=O) groups excluding carboxylic acids is 1. The molecule has 2 aromatic rings. The fourth-order valence-electron chi connectivity index (χ4n) is 3.71. The summed E-state index contributed by atoms with van der Waals surface area (Å²) in [5.41, 5.74) is 5.40. The first-order valence-electron chi connectivity index (χ1n) is 9.70. The third-order valence-corrected chi connectivity index (χ3v) is 5.07. The first-order valence-corrected chi connectivity index (χ1v) is 9.70. The van der Waals surface area contributed by atoms with Gasteiger partial charge in [-0.3, -0.25) is 9.67 Å². The predicted octanol–water partition coefficient (Wildman–Crippen LogP) is 2.97. The number of amides is 1. The average Bonchev–Trinajstić information content (AvgIpc) is 3.26. The Morgan fingerprint density at radius 2 is 1.93 bits per heavy atom. The lowest BCUT2D eigenvalue weighted by Gasteiger charge is -2.37. The van der Waals surface area contributed by atoms with Gasteiger partial charge in [0.1, 0.15) is 5.60 Å². The van der Waals surface area contributed by atoms with Crippen molar-refractivity contribution in [2.75, 3.05) is 31.1 Å². The number of ether oxygens (including phenoxy) is 1. The number of anilines is 1. The highest BCUT2D eigenvalue weighted by Crippen LogP contribution is 2.36. The number of rotatable bonds is 2. The molecule has 1 amide bonds. The summed E-state index contributed by atoms with van der Waals surface area (Å²) in [5, 5.41) is 4.28. The molecule has 4 rings (SSSR count). The minimum absolute atomic E-state index is 0.231. The van der Waals surface area contributed by atoms with E-state index in [1.165, 1.54) is 16.8 Å². The highest BCUT2D eigenvalue weighted by atomic mass is 16.6. The lowest BCUT2D eigenvalue weighted by Crippen LogP contribution is -2.50. The first kappa shape index (κ1) is 18.5. The number of piperazine rings is 1. The Bertz CT molecular complexity index is 917. The number of fused-ring (bicyclic) bond motifs is 1. The van der Waals surface area contributed by atoms with E-state index in [-0.39, 0.29) is 6.09 Å². The van der Waals surface area contributed by atoms with Crippen LogP contribution in [-0.2, 0) is 18.2 Å². The number of nitrogens with zero attached hydrogens (tertiary/aromatic N) is 5. The number of hydrogen-bond donors (Lipinski definition) is 0. The van der Waals surface area contributed by atoms with Crippen molar-refractivity contribution in [2.24, 2.45) is 7.05 Å². The minimum Gasteiger partial charge on any atom is -0.444 e. The monoisotopic (exact) mass is 381 g/mol. The quantitative estimate of drug-likeness (QED) is 0.800. The molecule has 1 aliphatic carbocycles. The normalized spacial score (nSPS) is 16.8. The summed E-state index contributed by atoms with van der Waals surface area (Å²) in [7, 11) is 1.93. The summed E-state index contributed by atoms with van der Waals surface area (Å²) in [5.74, 6) is 0. The highest BCUT2D eigenvalue weighted by Gasteiger charge is 2.28. The van der Waals surface area contributed by atoms with Crippen LogP contribution in [0.2, 0.25) is 0 Å². The molecule has 7 nitrogen and oxygen atoms in total. The number of carbonyl (C=O) groups is 1. The van der Waals surface area contributed by atoms with Gasteiger partial charge in [-0.1, -0.05) is 0 Å². The highest BCUT2D eigenvalue weighted by molar-refractivity contribution is 5.91. The van der Waals surface area contributed by atoms with Gasteiger partial charge < -0.3 is 14.5 Å². The number of aromatic nitrogens is 3. The minimum atomic E-state index is -0.465. The summed E-state index contributed by atoms with van der Waals surface area (Å²) in [6, 6.07) is 2.07. The lowest BCUT2D eigenvalue weighted by atomic mass is 10.1. The number of pyridine rings is 1. The SMILES string of the molecule is Cn1cc(C2=Cc3c(N4CCN(C(=O)OC(C)(C)C)CC4)ccnc3C2)cn1. The van der Waals surface area contributed by atoms with Gasteiger partial charge >= 0.3 is 6.09 Å². The Hall–Kier alpha value is -2.83. The van der Waals surface area contributed by atoms with Gasteiger partial charge in [-0.25, -0.2) is 4.79 Å². The fourth-order valence-corrected chi connectivity index (χ4v) is 3.71. The van der Waals surface area contributed by atoms with Crippen LogP contribution < -0.4 is 4.90 Å². The van der Waals surface area contributed by atoms with Crippen molar-refractivity contribution >= 4 is 23.4 Å². The zero-order chi connectivity index (χ0) is 19.9. The molecule has 148 valence electrons. The third kappa shape index (κ3) is 3.74. The van der Waals surface area contributed by atoms with E-state index in [0.717, 1.165) is 30.8 Å². The van der Waals surface area contributed by atoms with Gasteiger partial charge in [-0.05, 0) is 38.5 Å². The molecule has 0 N–H and O–H groups in total. The standard InChI is InChI=1S/C21H27N5O2/c1-21(2,3)28-20(27)26-9-7-25(8-10-26)19-5-6-22-18-12-15(11-17(18)19)16-13-23-24(4)14-16/h5-6,11,13-14H,7-10,12H2,1-4H3. The van der Waals surface area contributed by atoms with Gasteiger partial charge in [0, 0.05) is 68.9 Å². The largest absolute Gasteiger partial charge is 0.444 e. The maximum atomic E-state index is 12.3. The molecule has 0 aromatic carbocycles. The van der Waals surface area contributed by atoms with Crippen LogP contribution in [0.4, 0.5) is 10.5 Å². The summed E-state index contributed by atoms with van der Waals surface area (Å²) in [6.07, 6.45) is 8.65. The number of aryl methyl sites for hydroxylation is 1. The van der Waals surface area contributed by atoms with Crippen molar-refractivity contribution in [1.82, 2.24) is 19.7 Å². The molecule has 0 radical (unpaired) electrons. The van der Waals surface area contributed by atoms with Crippen LogP contribution in [0, 0.1) is 0 Å². The molecular formula is C21H27N5O2. The summed E-state index contributed by atoms with van der Waals surface area (Å²) >= 11 is 0. The van der Waals surface area contributed by atoms with E-state index in [4.69, 9.17) is 4.74 Å². The van der Waals surface area contributed by atoms with Crippen LogP contribution in [0.3, 0.4) is 0 Å². The second kappa shape index (κ2) is 6.96. The Balaban J connectivity index is 1.48. The van der Waals surface area contributed by atoms with Gasteiger partial charge in [0.25, 0.3) is 0 Å². The second-order valence-electron chi connectivity index (χ2n) is 8.39. The smallest absolute Gasteiger partial charge is 0.410 e. The Kier molecular flexibility index (Phi) is 4.61. The van der Waals surface area contributed by atoms with E-state index in [9.17, 15) is 4.79 Å². The number of hydrogen-bond acceptors (Lipinski definition) is 5. The van der Waals surface area contributed by atoms with Gasteiger partial charge in [0.2, 0.25) is 0 Å². The van der Waals surface area contributed by atoms with Gasteiger partial charge in [0.05, 0.1) is 11.9 Å². The lowest BCUT2D eigenvalue weighted by molar-refractivity contribution is 0.0240. The van der Waals surface area contributed by atoms with Crippen molar-refractivity contribution in [3.05, 3.63) is 41.5 Å². The van der Waals surface area contributed by atoms with Crippen molar-refractivity contribution in [3.63, 3.8) is 0 Å². The van der Waals surface area contributed by atoms with E-state index < -0.39 is 5.60 Å². The van der Waals surface area contributed by atoms with Gasteiger partial charge in [-0.15, -0.1) is 0 Å². The molecule has 0 unspecified atom stereocenters. The first-order chi connectivity index (χ1) is 13.3.